The SMILES string of the molecule is COC(=O)C1(c2cccc(F)c2C)C=C(c2cccc3cnsc23)CC1. The van der Waals surface area contributed by atoms with Gasteiger partial charge in [-0.15, -0.1) is 0 Å². The van der Waals surface area contributed by atoms with Gasteiger partial charge in [-0.25, -0.2) is 4.39 Å². The molecule has 0 saturated carbocycles. The van der Waals surface area contributed by atoms with E-state index in [-0.39, 0.29) is 11.8 Å². The second-order valence-electron chi connectivity index (χ2n) is 6.59. The van der Waals surface area contributed by atoms with E-state index in [9.17, 15) is 9.18 Å². The maximum absolute atomic E-state index is 14.2. The fraction of sp³-hybridized carbons (Fsp3) is 0.238. The van der Waals surface area contributed by atoms with E-state index < -0.39 is 5.41 Å². The van der Waals surface area contributed by atoms with Gasteiger partial charge < -0.3 is 4.74 Å². The van der Waals surface area contributed by atoms with Crippen LogP contribution in [0.25, 0.3) is 15.7 Å². The number of benzene rings is 2. The highest BCUT2D eigenvalue weighted by atomic mass is 32.1. The number of halogens is 1. The molecule has 2 aromatic carbocycles. The molecule has 0 spiro atoms. The highest BCUT2D eigenvalue weighted by Gasteiger charge is 2.44. The van der Waals surface area contributed by atoms with Crippen LogP contribution in [0, 0.1) is 12.7 Å². The van der Waals surface area contributed by atoms with Crippen molar-refractivity contribution >= 4 is 33.2 Å². The van der Waals surface area contributed by atoms with Gasteiger partial charge in [0.25, 0.3) is 0 Å². The monoisotopic (exact) mass is 367 g/mol. The number of ether oxygens (including phenoxy) is 1. The van der Waals surface area contributed by atoms with Crippen molar-refractivity contribution in [2.24, 2.45) is 0 Å². The highest BCUT2D eigenvalue weighted by Crippen LogP contribution is 2.46. The second-order valence-corrected chi connectivity index (χ2v) is 7.40. The Morgan fingerprint density at radius 1 is 1.27 bits per heavy atom. The number of carbonyl (C=O) groups excluding carboxylic acids is 1. The van der Waals surface area contributed by atoms with Crippen molar-refractivity contribution < 1.29 is 13.9 Å². The Morgan fingerprint density at radius 2 is 2.08 bits per heavy atom. The molecule has 0 aliphatic heterocycles. The van der Waals surface area contributed by atoms with Crippen molar-refractivity contribution in [3.63, 3.8) is 0 Å². The molecule has 1 atom stereocenters. The Labute approximate surface area is 155 Å². The van der Waals surface area contributed by atoms with E-state index in [1.807, 2.05) is 30.5 Å². The molecule has 4 rings (SSSR count). The first-order chi connectivity index (χ1) is 12.6. The number of carbonyl (C=O) groups is 1. The molecule has 3 aromatic rings. The van der Waals surface area contributed by atoms with Crippen LogP contribution in [0.4, 0.5) is 4.39 Å². The van der Waals surface area contributed by atoms with Gasteiger partial charge in [0.05, 0.1) is 11.8 Å². The lowest BCUT2D eigenvalue weighted by atomic mass is 9.77. The summed E-state index contributed by atoms with van der Waals surface area (Å²) in [6.07, 6.45) is 5.11. The summed E-state index contributed by atoms with van der Waals surface area (Å²) in [6.45, 7) is 1.71. The van der Waals surface area contributed by atoms with Crippen LogP contribution in [0.2, 0.25) is 0 Å². The van der Waals surface area contributed by atoms with Gasteiger partial charge in [0, 0.05) is 11.6 Å². The van der Waals surface area contributed by atoms with Gasteiger partial charge in [0.1, 0.15) is 11.2 Å². The molecule has 0 bridgehead atoms. The molecule has 0 amide bonds. The summed E-state index contributed by atoms with van der Waals surface area (Å²) in [6, 6.07) is 11.0. The molecule has 1 aliphatic rings. The predicted octanol–water partition coefficient (Wildman–Crippen LogP) is 5.03. The Bertz CT molecular complexity index is 1040. The summed E-state index contributed by atoms with van der Waals surface area (Å²) in [5, 5.41) is 1.09. The quantitative estimate of drug-likeness (QED) is 0.609. The number of fused-ring (bicyclic) bond motifs is 1. The van der Waals surface area contributed by atoms with E-state index in [0.29, 0.717) is 17.5 Å². The molecule has 1 aliphatic carbocycles. The van der Waals surface area contributed by atoms with Crippen LogP contribution in [-0.4, -0.2) is 17.5 Å². The second kappa shape index (κ2) is 6.32. The van der Waals surface area contributed by atoms with Crippen LogP contribution < -0.4 is 0 Å². The van der Waals surface area contributed by atoms with Gasteiger partial charge in [-0.3, -0.25) is 4.79 Å². The number of nitrogens with zero attached hydrogens (tertiary/aromatic N) is 1. The Hall–Kier alpha value is -2.53. The highest BCUT2D eigenvalue weighted by molar-refractivity contribution is 7.13. The third kappa shape index (κ3) is 2.46. The molecular weight excluding hydrogens is 349 g/mol. The molecular formula is C21H18FNO2S. The van der Waals surface area contributed by atoms with Gasteiger partial charge in [0.15, 0.2) is 0 Å². The number of hydrogen-bond acceptors (Lipinski definition) is 4. The lowest BCUT2D eigenvalue weighted by Crippen LogP contribution is -2.34. The van der Waals surface area contributed by atoms with Crippen molar-refractivity contribution in [1.29, 1.82) is 0 Å². The zero-order chi connectivity index (χ0) is 18.3. The first-order valence-electron chi connectivity index (χ1n) is 8.46. The first kappa shape index (κ1) is 16.9. The van der Waals surface area contributed by atoms with E-state index in [4.69, 9.17) is 4.74 Å². The van der Waals surface area contributed by atoms with Crippen LogP contribution in [0.1, 0.15) is 29.5 Å². The van der Waals surface area contributed by atoms with Crippen LogP contribution in [0.3, 0.4) is 0 Å². The molecule has 1 aromatic heterocycles. The van der Waals surface area contributed by atoms with Gasteiger partial charge in [-0.1, -0.05) is 36.4 Å². The normalized spacial score (nSPS) is 19.6. The van der Waals surface area contributed by atoms with E-state index in [0.717, 1.165) is 27.6 Å². The Kier molecular flexibility index (Phi) is 4.11. The Balaban J connectivity index is 1.91. The number of aromatic nitrogens is 1. The number of esters is 1. The standard InChI is InChI=1S/C21H18FNO2S/c1-13-17(7-4-8-18(13)22)21(20(24)25-2)10-9-14(11-21)16-6-3-5-15-12-23-26-19(15)16/h3-8,11-12H,9-10H2,1-2H3. The predicted molar refractivity (Wildman–Crippen MR) is 102 cm³/mol. The van der Waals surface area contributed by atoms with Gasteiger partial charge in [-0.2, -0.15) is 4.37 Å². The molecule has 0 radical (unpaired) electrons. The molecule has 132 valence electrons. The third-order valence-electron chi connectivity index (χ3n) is 5.23. The lowest BCUT2D eigenvalue weighted by Gasteiger charge is -2.26. The van der Waals surface area contributed by atoms with E-state index in [1.165, 1.54) is 24.7 Å². The van der Waals surface area contributed by atoms with Crippen molar-refractivity contribution in [1.82, 2.24) is 4.37 Å². The lowest BCUT2D eigenvalue weighted by molar-refractivity contribution is -0.145. The summed E-state index contributed by atoms with van der Waals surface area (Å²) in [5.74, 6) is -0.658. The van der Waals surface area contributed by atoms with Crippen LogP contribution in [-0.2, 0) is 14.9 Å². The topological polar surface area (TPSA) is 39.2 Å². The molecule has 0 fully saturated rings. The van der Waals surface area contributed by atoms with Crippen molar-refractivity contribution in [3.8, 4) is 0 Å². The fourth-order valence-electron chi connectivity index (χ4n) is 3.89. The minimum atomic E-state index is -0.955. The molecule has 0 saturated heterocycles. The summed E-state index contributed by atoms with van der Waals surface area (Å²) < 4.78 is 24.7. The van der Waals surface area contributed by atoms with E-state index in [1.54, 1.807) is 13.0 Å². The minimum Gasteiger partial charge on any atom is -0.468 e. The van der Waals surface area contributed by atoms with Crippen molar-refractivity contribution in [2.75, 3.05) is 7.11 Å². The zero-order valence-corrected chi connectivity index (χ0v) is 15.4. The number of hydrogen-bond donors (Lipinski definition) is 0. The molecule has 26 heavy (non-hydrogen) atoms. The summed E-state index contributed by atoms with van der Waals surface area (Å²) in [4.78, 5) is 12.8. The average molecular weight is 367 g/mol. The molecule has 0 N–H and O–H groups in total. The van der Waals surface area contributed by atoms with E-state index in [2.05, 4.69) is 10.4 Å². The number of rotatable bonds is 3. The molecule has 1 heterocycles. The summed E-state index contributed by atoms with van der Waals surface area (Å²) in [5.41, 5.74) is 2.38. The molecule has 1 unspecified atom stereocenters. The van der Waals surface area contributed by atoms with E-state index >= 15 is 0 Å². The zero-order valence-electron chi connectivity index (χ0n) is 14.6. The summed E-state index contributed by atoms with van der Waals surface area (Å²) >= 11 is 1.45. The maximum atomic E-state index is 14.2. The summed E-state index contributed by atoms with van der Waals surface area (Å²) in [7, 11) is 1.38. The van der Waals surface area contributed by atoms with Gasteiger partial charge >= 0.3 is 5.97 Å². The van der Waals surface area contributed by atoms with Gasteiger partial charge in [-0.05, 0) is 59.6 Å². The van der Waals surface area contributed by atoms with Crippen molar-refractivity contribution in [3.05, 3.63) is 71.2 Å². The van der Waals surface area contributed by atoms with Crippen LogP contribution in [0.15, 0.2) is 48.7 Å². The van der Waals surface area contributed by atoms with Crippen LogP contribution in [0.5, 0.6) is 0 Å². The van der Waals surface area contributed by atoms with Gasteiger partial charge in [0.2, 0.25) is 0 Å². The molecule has 3 nitrogen and oxygen atoms in total. The Morgan fingerprint density at radius 3 is 2.88 bits per heavy atom. The van der Waals surface area contributed by atoms with Crippen LogP contribution >= 0.6 is 11.5 Å². The maximum Gasteiger partial charge on any atom is 0.320 e. The smallest absolute Gasteiger partial charge is 0.320 e. The number of methoxy groups -OCH3 is 1. The fourth-order valence-corrected chi connectivity index (χ4v) is 4.68. The minimum absolute atomic E-state index is 0.308. The third-order valence-corrected chi connectivity index (χ3v) is 6.08. The largest absolute Gasteiger partial charge is 0.468 e. The first-order valence-corrected chi connectivity index (χ1v) is 9.23. The van der Waals surface area contributed by atoms with Crippen molar-refractivity contribution in [2.45, 2.75) is 25.2 Å². The number of allylic oxidation sites excluding steroid dienone is 1. The average Bonchev–Trinajstić information content (AvgIpc) is 3.30. The molecule has 5 heteroatoms.